The third-order valence-corrected chi connectivity index (χ3v) is 3.22. The van der Waals surface area contributed by atoms with Gasteiger partial charge in [-0.2, -0.15) is 0 Å². The summed E-state index contributed by atoms with van der Waals surface area (Å²) < 4.78 is 0. The fourth-order valence-corrected chi connectivity index (χ4v) is 1.79. The first kappa shape index (κ1) is 12.5. The lowest BCUT2D eigenvalue weighted by Gasteiger charge is -2.34. The number of rotatable bonds is 3. The van der Waals surface area contributed by atoms with Crippen LogP contribution in [0.15, 0.2) is 0 Å². The van der Waals surface area contributed by atoms with Crippen LogP contribution in [-0.2, 0) is 4.79 Å². The minimum Gasteiger partial charge on any atom is -0.368 e. The van der Waals surface area contributed by atoms with Crippen LogP contribution in [0.3, 0.4) is 0 Å². The molecule has 1 aliphatic rings. The molecule has 2 atom stereocenters. The molecule has 1 saturated heterocycles. The van der Waals surface area contributed by atoms with Crippen LogP contribution in [0, 0.1) is 0 Å². The first-order valence-electron chi connectivity index (χ1n) is 5.57. The van der Waals surface area contributed by atoms with Crippen molar-refractivity contribution in [3.63, 3.8) is 0 Å². The zero-order valence-electron chi connectivity index (χ0n) is 10.2. The molecule has 15 heavy (non-hydrogen) atoms. The Morgan fingerprint density at radius 1 is 1.47 bits per heavy atom. The number of amides is 1. The highest BCUT2D eigenvalue weighted by atomic mass is 16.1. The van der Waals surface area contributed by atoms with Gasteiger partial charge in [0.25, 0.3) is 0 Å². The summed E-state index contributed by atoms with van der Waals surface area (Å²) >= 11 is 0. The Hall–Kier alpha value is -0.610. The second-order valence-corrected chi connectivity index (χ2v) is 5.45. The lowest BCUT2D eigenvalue weighted by atomic mass is 10.1. The molecule has 0 aromatic rings. The summed E-state index contributed by atoms with van der Waals surface area (Å²) in [7, 11) is 2.11. The largest absolute Gasteiger partial charge is 0.368 e. The van der Waals surface area contributed by atoms with Crippen molar-refractivity contribution in [2.24, 2.45) is 5.73 Å². The molecule has 1 aliphatic heterocycles. The van der Waals surface area contributed by atoms with Gasteiger partial charge in [0.15, 0.2) is 0 Å². The molecule has 0 radical (unpaired) electrons. The molecular weight excluding hydrogens is 190 g/mol. The Bertz CT molecular complexity index is 234. The monoisotopic (exact) mass is 213 g/mol. The maximum Gasteiger partial charge on any atom is 0.234 e. The fraction of sp³-hybridized carbons (Fsp3) is 0.909. The van der Waals surface area contributed by atoms with Crippen LogP contribution in [0.25, 0.3) is 0 Å². The van der Waals surface area contributed by atoms with Crippen LogP contribution >= 0.6 is 0 Å². The minimum absolute atomic E-state index is 0.122. The maximum atomic E-state index is 11.0. The normalized spacial score (nSPS) is 27.3. The standard InChI is InChI=1S/C11H23N3O/c1-11(2,3)14(4)7-8-5-6-9(13-8)10(12)15/h8-9,13H,5-7H2,1-4H3,(H2,12,15). The summed E-state index contributed by atoms with van der Waals surface area (Å²) in [5.74, 6) is -0.226. The van der Waals surface area contributed by atoms with E-state index in [0.717, 1.165) is 19.4 Å². The van der Waals surface area contributed by atoms with Crippen molar-refractivity contribution in [2.75, 3.05) is 13.6 Å². The quantitative estimate of drug-likeness (QED) is 0.710. The highest BCUT2D eigenvalue weighted by Crippen LogP contribution is 2.17. The van der Waals surface area contributed by atoms with Gasteiger partial charge >= 0.3 is 0 Å². The molecule has 0 aromatic carbocycles. The Morgan fingerprint density at radius 3 is 2.47 bits per heavy atom. The number of carbonyl (C=O) groups is 1. The number of hydrogen-bond donors (Lipinski definition) is 2. The van der Waals surface area contributed by atoms with E-state index in [9.17, 15) is 4.79 Å². The topological polar surface area (TPSA) is 58.4 Å². The van der Waals surface area contributed by atoms with E-state index in [1.807, 2.05) is 0 Å². The van der Waals surface area contributed by atoms with E-state index in [2.05, 4.69) is 38.0 Å². The molecular formula is C11H23N3O. The lowest BCUT2D eigenvalue weighted by Crippen LogP contribution is -2.48. The van der Waals surface area contributed by atoms with Crippen molar-refractivity contribution < 1.29 is 4.79 Å². The van der Waals surface area contributed by atoms with Crippen LogP contribution in [0.2, 0.25) is 0 Å². The average Bonchev–Trinajstić information content (AvgIpc) is 2.50. The molecule has 4 heteroatoms. The molecule has 88 valence electrons. The number of carbonyl (C=O) groups excluding carboxylic acids is 1. The molecule has 0 aliphatic carbocycles. The molecule has 1 fully saturated rings. The number of nitrogens with two attached hydrogens (primary N) is 1. The molecule has 1 amide bonds. The van der Waals surface area contributed by atoms with E-state index in [4.69, 9.17) is 5.73 Å². The van der Waals surface area contributed by atoms with Crippen molar-refractivity contribution in [2.45, 2.75) is 51.2 Å². The zero-order valence-corrected chi connectivity index (χ0v) is 10.2. The lowest BCUT2D eigenvalue weighted by molar-refractivity contribution is -0.119. The highest BCUT2D eigenvalue weighted by Gasteiger charge is 2.29. The molecule has 2 unspecified atom stereocenters. The molecule has 0 aromatic heterocycles. The summed E-state index contributed by atoms with van der Waals surface area (Å²) in [6.07, 6.45) is 1.91. The van der Waals surface area contributed by atoms with Crippen molar-refractivity contribution >= 4 is 5.91 Å². The maximum absolute atomic E-state index is 11.0. The van der Waals surface area contributed by atoms with Crippen LogP contribution in [0.1, 0.15) is 33.6 Å². The summed E-state index contributed by atoms with van der Waals surface area (Å²) in [6.45, 7) is 7.53. The average molecular weight is 213 g/mol. The number of nitrogens with one attached hydrogen (secondary N) is 1. The highest BCUT2D eigenvalue weighted by molar-refractivity contribution is 5.80. The minimum atomic E-state index is -0.226. The Balaban J connectivity index is 2.39. The van der Waals surface area contributed by atoms with E-state index in [1.54, 1.807) is 0 Å². The van der Waals surface area contributed by atoms with E-state index >= 15 is 0 Å². The molecule has 3 N–H and O–H groups in total. The van der Waals surface area contributed by atoms with Crippen molar-refractivity contribution in [3.8, 4) is 0 Å². The summed E-state index contributed by atoms with van der Waals surface area (Å²) in [4.78, 5) is 13.3. The van der Waals surface area contributed by atoms with Gasteiger partial charge in [-0.3, -0.25) is 9.69 Å². The van der Waals surface area contributed by atoms with Crippen LogP contribution in [0.4, 0.5) is 0 Å². The predicted molar refractivity (Wildman–Crippen MR) is 61.5 cm³/mol. The van der Waals surface area contributed by atoms with Crippen molar-refractivity contribution in [3.05, 3.63) is 0 Å². The Labute approximate surface area is 92.2 Å². The number of primary amides is 1. The summed E-state index contributed by atoms with van der Waals surface area (Å²) in [6, 6.07) is 0.273. The van der Waals surface area contributed by atoms with Crippen molar-refractivity contribution in [1.29, 1.82) is 0 Å². The van der Waals surface area contributed by atoms with Gasteiger partial charge in [-0.15, -0.1) is 0 Å². The second kappa shape index (κ2) is 4.49. The number of likely N-dealkylation sites (N-methyl/N-ethyl adjacent to an activating group) is 1. The summed E-state index contributed by atoms with van der Waals surface area (Å²) in [5.41, 5.74) is 5.43. The molecule has 0 bridgehead atoms. The predicted octanol–water partition coefficient (Wildman–Crippen LogP) is 0.323. The first-order chi connectivity index (χ1) is 6.80. The fourth-order valence-electron chi connectivity index (χ4n) is 1.79. The van der Waals surface area contributed by atoms with Gasteiger partial charge < -0.3 is 11.1 Å². The molecule has 4 nitrogen and oxygen atoms in total. The van der Waals surface area contributed by atoms with Gasteiger partial charge in [-0.25, -0.2) is 0 Å². The Morgan fingerprint density at radius 2 is 2.07 bits per heavy atom. The van der Waals surface area contributed by atoms with E-state index < -0.39 is 0 Å². The second-order valence-electron chi connectivity index (χ2n) is 5.45. The molecule has 0 saturated carbocycles. The van der Waals surface area contributed by atoms with E-state index in [-0.39, 0.29) is 17.5 Å². The van der Waals surface area contributed by atoms with Crippen LogP contribution in [-0.4, -0.2) is 42.0 Å². The van der Waals surface area contributed by atoms with Crippen LogP contribution < -0.4 is 11.1 Å². The number of nitrogens with zero attached hydrogens (tertiary/aromatic N) is 1. The third-order valence-electron chi connectivity index (χ3n) is 3.22. The van der Waals surface area contributed by atoms with Gasteiger partial charge in [-0.1, -0.05) is 0 Å². The molecule has 1 rings (SSSR count). The Kier molecular flexibility index (Phi) is 3.73. The van der Waals surface area contributed by atoms with Gasteiger partial charge in [-0.05, 0) is 40.7 Å². The van der Waals surface area contributed by atoms with Gasteiger partial charge in [0.05, 0.1) is 6.04 Å². The summed E-state index contributed by atoms with van der Waals surface area (Å²) in [5, 5.41) is 3.28. The SMILES string of the molecule is CN(CC1CCC(C(N)=O)N1)C(C)(C)C. The zero-order chi connectivity index (χ0) is 11.6. The van der Waals surface area contributed by atoms with E-state index in [1.165, 1.54) is 0 Å². The molecule has 0 spiro atoms. The van der Waals surface area contributed by atoms with E-state index in [0.29, 0.717) is 6.04 Å². The molecule has 1 heterocycles. The van der Waals surface area contributed by atoms with Gasteiger partial charge in [0, 0.05) is 18.1 Å². The van der Waals surface area contributed by atoms with Crippen molar-refractivity contribution in [1.82, 2.24) is 10.2 Å². The van der Waals surface area contributed by atoms with Crippen LogP contribution in [0.5, 0.6) is 0 Å². The van der Waals surface area contributed by atoms with Gasteiger partial charge in [0.2, 0.25) is 5.91 Å². The smallest absolute Gasteiger partial charge is 0.234 e. The van der Waals surface area contributed by atoms with Gasteiger partial charge in [0.1, 0.15) is 0 Å². The third kappa shape index (κ3) is 3.47. The number of hydrogen-bond acceptors (Lipinski definition) is 3. The first-order valence-corrected chi connectivity index (χ1v) is 5.57.